The fraction of sp³-hybridized carbons (Fsp3) is 0.263. The lowest BCUT2D eigenvalue weighted by Crippen LogP contribution is -2.24. The molecule has 0 unspecified atom stereocenters. The maximum Gasteiger partial charge on any atom is 0.241 e. The number of nitrogens with one attached hydrogen (secondary N) is 1. The molecule has 6 nitrogen and oxygen atoms in total. The molecule has 0 atom stereocenters. The Bertz CT molecular complexity index is 1050. The molecule has 1 N–H and O–H groups in total. The van der Waals surface area contributed by atoms with Crippen LogP contribution in [-0.4, -0.2) is 25.0 Å². The Kier molecular flexibility index (Phi) is 5.20. The summed E-state index contributed by atoms with van der Waals surface area (Å²) in [7, 11) is -3.64. The number of fused-ring (bicyclic) bond motifs is 1. The van der Waals surface area contributed by atoms with E-state index >= 15 is 0 Å². The van der Waals surface area contributed by atoms with E-state index in [2.05, 4.69) is 14.7 Å². The van der Waals surface area contributed by atoms with E-state index in [1.165, 1.54) is 0 Å². The van der Waals surface area contributed by atoms with Gasteiger partial charge in [-0.05, 0) is 61.7 Å². The van der Waals surface area contributed by atoms with Crippen LogP contribution in [0.5, 0.6) is 5.75 Å². The number of nitrogens with zero attached hydrogens (tertiary/aromatic N) is 2. The summed E-state index contributed by atoms with van der Waals surface area (Å²) in [4.78, 5) is 8.72. The van der Waals surface area contributed by atoms with Crippen LogP contribution in [0.4, 0.5) is 0 Å². The van der Waals surface area contributed by atoms with Gasteiger partial charge in [0.15, 0.2) is 0 Å². The van der Waals surface area contributed by atoms with Crippen molar-refractivity contribution in [3.05, 3.63) is 59.4 Å². The predicted molar refractivity (Wildman–Crippen MR) is 101 cm³/mol. The van der Waals surface area contributed by atoms with Gasteiger partial charge in [0.25, 0.3) is 0 Å². The molecule has 0 radical (unpaired) electrons. The molecule has 0 saturated heterocycles. The van der Waals surface area contributed by atoms with Crippen LogP contribution in [0.15, 0.2) is 47.6 Å². The number of aryl methyl sites for hydroxylation is 2. The normalized spacial score (nSPS) is 11.7. The Labute approximate surface area is 153 Å². The van der Waals surface area contributed by atoms with E-state index in [4.69, 9.17) is 4.74 Å². The molecule has 1 heterocycles. The van der Waals surface area contributed by atoms with Crippen molar-refractivity contribution in [1.82, 2.24) is 14.7 Å². The standard InChI is InChI=1S/C19H21N3O3S/c1-4-25-18-9-14(3)19(10-13(18)2)26(23,24)22-12-15-5-6-16-17(11-15)21-8-7-20-16/h5-11,22H,4,12H2,1-3H3. The number of rotatable bonds is 6. The molecule has 3 aromatic rings. The smallest absolute Gasteiger partial charge is 0.241 e. The first-order valence-corrected chi connectivity index (χ1v) is 9.82. The van der Waals surface area contributed by atoms with Crippen LogP contribution in [-0.2, 0) is 16.6 Å². The minimum absolute atomic E-state index is 0.181. The summed E-state index contributed by atoms with van der Waals surface area (Å²) in [6.07, 6.45) is 3.24. The fourth-order valence-electron chi connectivity index (χ4n) is 2.74. The van der Waals surface area contributed by atoms with Crippen molar-refractivity contribution in [3.63, 3.8) is 0 Å². The van der Waals surface area contributed by atoms with Crippen molar-refractivity contribution in [2.45, 2.75) is 32.2 Å². The van der Waals surface area contributed by atoms with Crippen molar-refractivity contribution < 1.29 is 13.2 Å². The van der Waals surface area contributed by atoms with Gasteiger partial charge in [-0.1, -0.05) is 6.07 Å². The summed E-state index contributed by atoms with van der Waals surface area (Å²) in [6.45, 7) is 6.22. The van der Waals surface area contributed by atoms with Crippen LogP contribution in [0.25, 0.3) is 11.0 Å². The minimum Gasteiger partial charge on any atom is -0.494 e. The molecule has 136 valence electrons. The molecule has 0 saturated carbocycles. The number of hydrogen-bond acceptors (Lipinski definition) is 5. The Morgan fingerprint density at radius 1 is 1.00 bits per heavy atom. The van der Waals surface area contributed by atoms with Crippen molar-refractivity contribution in [2.24, 2.45) is 0 Å². The SMILES string of the molecule is CCOc1cc(C)c(S(=O)(=O)NCc2ccc3nccnc3c2)cc1C. The van der Waals surface area contributed by atoms with E-state index in [-0.39, 0.29) is 11.4 Å². The lowest BCUT2D eigenvalue weighted by atomic mass is 10.1. The summed E-state index contributed by atoms with van der Waals surface area (Å²) in [5.41, 5.74) is 3.77. The van der Waals surface area contributed by atoms with Crippen LogP contribution < -0.4 is 9.46 Å². The zero-order chi connectivity index (χ0) is 18.7. The first kappa shape index (κ1) is 18.3. The van der Waals surface area contributed by atoms with Gasteiger partial charge in [0, 0.05) is 18.9 Å². The van der Waals surface area contributed by atoms with E-state index in [0.29, 0.717) is 17.9 Å². The minimum atomic E-state index is -3.64. The van der Waals surface area contributed by atoms with Crippen molar-refractivity contribution >= 4 is 21.1 Å². The molecule has 0 fully saturated rings. The Hall–Kier alpha value is -2.51. The molecular formula is C19H21N3O3S. The molecule has 0 aliphatic carbocycles. The Balaban J connectivity index is 1.83. The molecule has 0 aliphatic heterocycles. The molecule has 1 aromatic heterocycles. The molecule has 2 aromatic carbocycles. The fourth-order valence-corrected chi connectivity index (χ4v) is 4.07. The van der Waals surface area contributed by atoms with Crippen molar-refractivity contribution in [3.8, 4) is 5.75 Å². The second-order valence-electron chi connectivity index (χ2n) is 6.02. The third kappa shape index (κ3) is 3.84. The average molecular weight is 371 g/mol. The summed E-state index contributed by atoms with van der Waals surface area (Å²) >= 11 is 0. The molecular weight excluding hydrogens is 350 g/mol. The van der Waals surface area contributed by atoms with Gasteiger partial charge in [-0.15, -0.1) is 0 Å². The van der Waals surface area contributed by atoms with Crippen LogP contribution in [0.2, 0.25) is 0 Å². The van der Waals surface area contributed by atoms with E-state index in [1.54, 1.807) is 31.5 Å². The van der Waals surface area contributed by atoms with Crippen molar-refractivity contribution in [1.29, 1.82) is 0 Å². The highest BCUT2D eigenvalue weighted by molar-refractivity contribution is 7.89. The van der Waals surface area contributed by atoms with E-state index < -0.39 is 10.0 Å². The first-order chi connectivity index (χ1) is 12.4. The molecule has 0 amide bonds. The van der Waals surface area contributed by atoms with Crippen LogP contribution in [0, 0.1) is 13.8 Å². The lowest BCUT2D eigenvalue weighted by Gasteiger charge is -2.14. The Morgan fingerprint density at radius 2 is 1.73 bits per heavy atom. The predicted octanol–water partition coefficient (Wildman–Crippen LogP) is 3.12. The third-order valence-electron chi connectivity index (χ3n) is 4.06. The lowest BCUT2D eigenvalue weighted by molar-refractivity contribution is 0.337. The zero-order valence-electron chi connectivity index (χ0n) is 15.0. The van der Waals surface area contributed by atoms with E-state index in [0.717, 1.165) is 22.2 Å². The largest absolute Gasteiger partial charge is 0.494 e. The van der Waals surface area contributed by atoms with Gasteiger partial charge in [-0.2, -0.15) is 0 Å². The molecule has 0 bridgehead atoms. The van der Waals surface area contributed by atoms with E-state index in [1.807, 2.05) is 32.0 Å². The highest BCUT2D eigenvalue weighted by Crippen LogP contribution is 2.26. The quantitative estimate of drug-likeness (QED) is 0.720. The second-order valence-corrected chi connectivity index (χ2v) is 7.76. The molecule has 0 spiro atoms. The molecule has 7 heteroatoms. The van der Waals surface area contributed by atoms with Gasteiger partial charge in [-0.25, -0.2) is 13.1 Å². The summed E-state index contributed by atoms with van der Waals surface area (Å²) in [6, 6.07) is 8.92. The number of sulfonamides is 1. The average Bonchev–Trinajstić information content (AvgIpc) is 2.63. The van der Waals surface area contributed by atoms with Gasteiger partial charge in [-0.3, -0.25) is 9.97 Å². The first-order valence-electron chi connectivity index (χ1n) is 8.34. The topological polar surface area (TPSA) is 81.2 Å². The van der Waals surface area contributed by atoms with E-state index in [9.17, 15) is 8.42 Å². The maximum atomic E-state index is 12.7. The second kappa shape index (κ2) is 7.39. The van der Waals surface area contributed by atoms with Crippen LogP contribution >= 0.6 is 0 Å². The molecule has 26 heavy (non-hydrogen) atoms. The maximum absolute atomic E-state index is 12.7. The highest BCUT2D eigenvalue weighted by atomic mass is 32.2. The zero-order valence-corrected chi connectivity index (χ0v) is 15.8. The summed E-state index contributed by atoms with van der Waals surface area (Å²) < 4.78 is 33.6. The van der Waals surface area contributed by atoms with Gasteiger partial charge in [0.2, 0.25) is 10.0 Å². The van der Waals surface area contributed by atoms with Crippen molar-refractivity contribution in [2.75, 3.05) is 6.61 Å². The monoisotopic (exact) mass is 371 g/mol. The van der Waals surface area contributed by atoms with Gasteiger partial charge >= 0.3 is 0 Å². The van der Waals surface area contributed by atoms with Crippen LogP contribution in [0.1, 0.15) is 23.6 Å². The Morgan fingerprint density at radius 3 is 2.46 bits per heavy atom. The van der Waals surface area contributed by atoms with Gasteiger partial charge < -0.3 is 4.74 Å². The van der Waals surface area contributed by atoms with Crippen LogP contribution in [0.3, 0.4) is 0 Å². The van der Waals surface area contributed by atoms with Gasteiger partial charge in [0.1, 0.15) is 5.75 Å². The molecule has 3 rings (SSSR count). The summed E-state index contributed by atoms with van der Waals surface area (Å²) in [5, 5.41) is 0. The number of ether oxygens (including phenoxy) is 1. The number of benzene rings is 2. The number of aromatic nitrogens is 2. The van der Waals surface area contributed by atoms with Gasteiger partial charge in [0.05, 0.1) is 22.5 Å². The summed E-state index contributed by atoms with van der Waals surface area (Å²) in [5.74, 6) is 0.706. The highest BCUT2D eigenvalue weighted by Gasteiger charge is 2.18. The number of hydrogen-bond donors (Lipinski definition) is 1. The third-order valence-corrected chi connectivity index (χ3v) is 5.61. The molecule has 0 aliphatic rings.